The van der Waals surface area contributed by atoms with E-state index < -0.39 is 0 Å². The molecule has 0 bridgehead atoms. The molecule has 0 atom stereocenters. The average molecular weight is 727 g/mol. The van der Waals surface area contributed by atoms with Gasteiger partial charge in [-0.1, -0.05) is 150 Å². The quantitative estimate of drug-likeness (QED) is 0.196. The monoisotopic (exact) mass is 727 g/mol. The number of aromatic nitrogens is 4. The molecule has 0 aliphatic heterocycles. The van der Waals surface area contributed by atoms with Crippen molar-refractivity contribution in [1.29, 1.82) is 0 Å². The van der Waals surface area contributed by atoms with Crippen molar-refractivity contribution in [3.8, 4) is 0 Å². The number of unbranched alkanes of at least 4 members (excludes halogenated alkanes) is 1. The first kappa shape index (κ1) is 70.2. The second-order valence-corrected chi connectivity index (χ2v) is 8.73. The molecule has 0 radical (unpaired) electrons. The van der Waals surface area contributed by atoms with Gasteiger partial charge < -0.3 is 0 Å². The van der Waals surface area contributed by atoms with Gasteiger partial charge in [-0.05, 0) is 113 Å². The van der Waals surface area contributed by atoms with Gasteiger partial charge in [-0.15, -0.1) is 0 Å². The highest BCUT2D eigenvalue weighted by Crippen LogP contribution is 2.01. The first-order valence-electron chi connectivity index (χ1n) is 20.6. The standard InChI is InChI=1S/4C7H9N.C4H10.8C2H6/c2*1-6-3-4-8-5-7(6)2;2*1-6-4-3-5-8-7(6)2;1-3-4-2;8*1-2/h4*3-5H,1-2H3;3-4H2,1-2H3;8*1-2H3. The van der Waals surface area contributed by atoms with E-state index >= 15 is 0 Å². The first-order chi connectivity index (χ1) is 25.1. The van der Waals surface area contributed by atoms with E-state index in [4.69, 9.17) is 0 Å². The van der Waals surface area contributed by atoms with Crippen molar-refractivity contribution in [3.05, 3.63) is 118 Å². The Hall–Kier alpha value is -3.40. The van der Waals surface area contributed by atoms with Crippen molar-refractivity contribution in [2.24, 2.45) is 0 Å². The molecule has 0 aliphatic rings. The van der Waals surface area contributed by atoms with Gasteiger partial charge in [0.2, 0.25) is 0 Å². The Kier molecular flexibility index (Phi) is 93.7. The van der Waals surface area contributed by atoms with E-state index in [1.165, 1.54) is 46.2 Å². The smallest absolute Gasteiger partial charge is 0.0401 e. The fourth-order valence-corrected chi connectivity index (χ4v) is 2.22. The Morgan fingerprint density at radius 3 is 0.692 bits per heavy atom. The minimum absolute atomic E-state index is 1.12. The van der Waals surface area contributed by atoms with E-state index in [-0.39, 0.29) is 0 Å². The summed E-state index contributed by atoms with van der Waals surface area (Å²) in [6.45, 7) is 52.8. The lowest BCUT2D eigenvalue weighted by atomic mass is 10.2. The highest BCUT2D eigenvalue weighted by Gasteiger charge is 1.87. The Morgan fingerprint density at radius 2 is 0.577 bits per heavy atom. The lowest BCUT2D eigenvalue weighted by molar-refractivity contribution is 0.886. The molecule has 4 aromatic rings. The second kappa shape index (κ2) is 69.4. The van der Waals surface area contributed by atoms with Crippen molar-refractivity contribution >= 4 is 0 Å². The summed E-state index contributed by atoms with van der Waals surface area (Å²) < 4.78 is 0. The molecule has 4 aromatic heterocycles. The molecule has 0 fully saturated rings. The zero-order valence-electron chi connectivity index (χ0n) is 40.1. The molecule has 306 valence electrons. The SMILES string of the molecule is CC.CC.CC.CC.CC.CC.CC.CC.CCCC.Cc1cccnc1C.Cc1cccnc1C.Cc1ccncc1C.Cc1ccncc1C. The van der Waals surface area contributed by atoms with Crippen molar-refractivity contribution in [2.75, 3.05) is 0 Å². The third-order valence-corrected chi connectivity index (χ3v) is 5.64. The summed E-state index contributed by atoms with van der Waals surface area (Å²) in [5, 5.41) is 0. The van der Waals surface area contributed by atoms with Crippen LogP contribution in [0.25, 0.3) is 0 Å². The molecule has 0 N–H and O–H groups in total. The molecule has 52 heavy (non-hydrogen) atoms. The van der Waals surface area contributed by atoms with E-state index in [2.05, 4.69) is 87.5 Å². The van der Waals surface area contributed by atoms with Crippen LogP contribution < -0.4 is 0 Å². The van der Waals surface area contributed by atoms with Crippen LogP contribution in [0.1, 0.15) is 182 Å². The van der Waals surface area contributed by atoms with Gasteiger partial charge in [0.1, 0.15) is 0 Å². The minimum atomic E-state index is 1.12. The number of nitrogens with zero attached hydrogens (tertiary/aromatic N) is 4. The normalized spacial score (nSPS) is 7.19. The summed E-state index contributed by atoms with van der Waals surface area (Å²) >= 11 is 0. The van der Waals surface area contributed by atoms with Crippen LogP contribution in [-0.4, -0.2) is 19.9 Å². The van der Waals surface area contributed by atoms with Gasteiger partial charge >= 0.3 is 0 Å². The molecule has 0 amide bonds. The maximum absolute atomic E-state index is 4.08. The summed E-state index contributed by atoms with van der Waals surface area (Å²) in [4.78, 5) is 16.0. The third kappa shape index (κ3) is 56.0. The number of aryl methyl sites for hydroxylation is 8. The largest absolute Gasteiger partial charge is 0.264 e. The lowest BCUT2D eigenvalue weighted by Gasteiger charge is -1.92. The Balaban J connectivity index is -0.0000000583. The van der Waals surface area contributed by atoms with Crippen molar-refractivity contribution in [2.45, 2.75) is 193 Å². The summed E-state index contributed by atoms with van der Waals surface area (Å²) in [7, 11) is 0. The average Bonchev–Trinajstić information content (AvgIpc) is 3.23. The Morgan fingerprint density at radius 1 is 0.327 bits per heavy atom. The molecule has 0 saturated heterocycles. The molecular formula is C48H94N4. The topological polar surface area (TPSA) is 51.6 Å². The summed E-state index contributed by atoms with van der Waals surface area (Å²) in [5.74, 6) is 0. The van der Waals surface area contributed by atoms with Gasteiger partial charge in [0.25, 0.3) is 0 Å². The molecule has 0 spiro atoms. The molecule has 4 rings (SSSR count). The molecule has 0 unspecified atom stereocenters. The summed E-state index contributed by atoms with van der Waals surface area (Å²) in [5.41, 5.74) is 9.88. The number of pyridine rings is 4. The van der Waals surface area contributed by atoms with Crippen LogP contribution >= 0.6 is 0 Å². The van der Waals surface area contributed by atoms with Crippen LogP contribution in [0.5, 0.6) is 0 Å². The number of hydrogen-bond acceptors (Lipinski definition) is 4. The fraction of sp³-hybridized carbons (Fsp3) is 0.583. The van der Waals surface area contributed by atoms with Crippen LogP contribution in [0.15, 0.2) is 73.6 Å². The second-order valence-electron chi connectivity index (χ2n) is 8.73. The van der Waals surface area contributed by atoms with Crippen molar-refractivity contribution in [3.63, 3.8) is 0 Å². The molecule has 0 saturated carbocycles. The lowest BCUT2D eigenvalue weighted by Crippen LogP contribution is -1.81. The van der Waals surface area contributed by atoms with Gasteiger partial charge in [-0.2, -0.15) is 0 Å². The molecule has 4 heteroatoms. The zero-order valence-corrected chi connectivity index (χ0v) is 40.1. The number of hydrogen-bond donors (Lipinski definition) is 0. The van der Waals surface area contributed by atoms with Gasteiger partial charge in [-0.25, -0.2) is 0 Å². The Labute approximate surface area is 330 Å². The molecule has 4 heterocycles. The molecule has 4 nitrogen and oxygen atoms in total. The highest BCUT2D eigenvalue weighted by atomic mass is 14.7. The van der Waals surface area contributed by atoms with E-state index in [9.17, 15) is 0 Å². The van der Waals surface area contributed by atoms with Crippen molar-refractivity contribution < 1.29 is 0 Å². The molecule has 0 aromatic carbocycles. The van der Waals surface area contributed by atoms with Crippen LogP contribution in [-0.2, 0) is 0 Å². The van der Waals surface area contributed by atoms with Gasteiger partial charge in [0.05, 0.1) is 0 Å². The number of rotatable bonds is 1. The van der Waals surface area contributed by atoms with Crippen LogP contribution in [0.2, 0.25) is 0 Å². The van der Waals surface area contributed by atoms with E-state index in [0.29, 0.717) is 0 Å². The maximum atomic E-state index is 4.08. The molecular weight excluding hydrogens is 633 g/mol. The first-order valence-corrected chi connectivity index (χ1v) is 20.6. The predicted molar refractivity (Wildman–Crippen MR) is 246 cm³/mol. The zero-order chi connectivity index (χ0) is 43.3. The van der Waals surface area contributed by atoms with Gasteiger partial charge in [-0.3, -0.25) is 19.9 Å². The van der Waals surface area contributed by atoms with Crippen LogP contribution in [0.4, 0.5) is 0 Å². The Bertz CT molecular complexity index is 849. The van der Waals surface area contributed by atoms with Crippen LogP contribution in [0, 0.1) is 55.4 Å². The maximum Gasteiger partial charge on any atom is 0.0401 e. The van der Waals surface area contributed by atoms with Gasteiger partial charge in [0.15, 0.2) is 0 Å². The summed E-state index contributed by atoms with van der Waals surface area (Å²) in [6.07, 6.45) is 13.6. The summed E-state index contributed by atoms with van der Waals surface area (Å²) in [6, 6.07) is 12.0. The molecule has 0 aliphatic carbocycles. The third-order valence-electron chi connectivity index (χ3n) is 5.64. The van der Waals surface area contributed by atoms with E-state index in [1.807, 2.05) is 186 Å². The highest BCUT2D eigenvalue weighted by molar-refractivity contribution is 5.19. The predicted octanol–water partition coefficient (Wildman–Crippen LogP) is 16.8. The van der Waals surface area contributed by atoms with E-state index in [0.717, 1.165) is 11.4 Å². The fourth-order valence-electron chi connectivity index (χ4n) is 2.22. The van der Waals surface area contributed by atoms with E-state index in [1.54, 1.807) is 0 Å². The van der Waals surface area contributed by atoms with Gasteiger partial charge in [0, 0.05) is 48.6 Å². The minimum Gasteiger partial charge on any atom is -0.264 e. The van der Waals surface area contributed by atoms with Crippen LogP contribution in [0.3, 0.4) is 0 Å². The van der Waals surface area contributed by atoms with Crippen molar-refractivity contribution in [1.82, 2.24) is 19.9 Å².